The van der Waals surface area contributed by atoms with Crippen molar-refractivity contribution in [2.45, 2.75) is 31.8 Å². The molecule has 1 aliphatic heterocycles. The summed E-state index contributed by atoms with van der Waals surface area (Å²) in [5.41, 5.74) is 2.40. The molecule has 2 atom stereocenters. The number of fused-ring (bicyclic) bond motifs is 1. The average molecular weight is 404 g/mol. The lowest BCUT2D eigenvalue weighted by atomic mass is 10.1. The summed E-state index contributed by atoms with van der Waals surface area (Å²) in [7, 11) is 1.32. The van der Waals surface area contributed by atoms with E-state index in [1.165, 1.54) is 7.11 Å². The number of aromatic nitrogens is 2. The van der Waals surface area contributed by atoms with Crippen LogP contribution < -0.4 is 10.2 Å². The highest BCUT2D eigenvalue weighted by molar-refractivity contribution is 5.90. The summed E-state index contributed by atoms with van der Waals surface area (Å²) in [4.78, 5) is 36.8. The highest BCUT2D eigenvalue weighted by Gasteiger charge is 2.35. The molecule has 4 rings (SSSR count). The second kappa shape index (κ2) is 8.49. The third-order valence-corrected chi connectivity index (χ3v) is 5.45. The maximum atomic E-state index is 13.2. The largest absolute Gasteiger partial charge is 0.467 e. The standard InChI is InChI=1S/C23H24N4O3/c1-15-17-11-6-7-12-18(17)25-23(24-15)27-14-8-13-19(27)21(28)26-20(22(29)30-2)16-9-4-3-5-10-16/h3-7,9-12,19-20H,8,13-14H2,1-2H3,(H,26,28)/t19-,20+/m1/s1. The fourth-order valence-corrected chi connectivity index (χ4v) is 3.91. The Kier molecular flexibility index (Phi) is 5.61. The van der Waals surface area contributed by atoms with E-state index in [1.54, 1.807) is 12.1 Å². The van der Waals surface area contributed by atoms with Crippen molar-refractivity contribution in [2.75, 3.05) is 18.6 Å². The van der Waals surface area contributed by atoms with Crippen molar-refractivity contribution in [2.24, 2.45) is 0 Å². The molecule has 1 amide bonds. The van der Waals surface area contributed by atoms with Crippen molar-refractivity contribution < 1.29 is 14.3 Å². The van der Waals surface area contributed by atoms with Gasteiger partial charge in [0.15, 0.2) is 6.04 Å². The molecule has 2 aromatic carbocycles. The lowest BCUT2D eigenvalue weighted by molar-refractivity contribution is -0.145. The van der Waals surface area contributed by atoms with Gasteiger partial charge in [0.25, 0.3) is 0 Å². The highest BCUT2D eigenvalue weighted by Crippen LogP contribution is 2.26. The zero-order valence-corrected chi connectivity index (χ0v) is 17.0. The first-order valence-corrected chi connectivity index (χ1v) is 10.0. The molecule has 1 fully saturated rings. The van der Waals surface area contributed by atoms with Gasteiger partial charge in [0.1, 0.15) is 6.04 Å². The minimum Gasteiger partial charge on any atom is -0.467 e. The van der Waals surface area contributed by atoms with Crippen LogP contribution in [0.2, 0.25) is 0 Å². The van der Waals surface area contributed by atoms with Gasteiger partial charge in [-0.25, -0.2) is 14.8 Å². The first-order valence-electron chi connectivity index (χ1n) is 10.0. The van der Waals surface area contributed by atoms with Gasteiger partial charge >= 0.3 is 5.97 Å². The molecule has 0 unspecified atom stereocenters. The molecule has 7 heteroatoms. The van der Waals surface area contributed by atoms with E-state index in [1.807, 2.05) is 54.3 Å². The molecule has 0 radical (unpaired) electrons. The molecular formula is C23H24N4O3. The van der Waals surface area contributed by atoms with Crippen LogP contribution in [-0.2, 0) is 14.3 Å². The number of ether oxygens (including phenoxy) is 1. The van der Waals surface area contributed by atoms with Crippen LogP contribution in [0.3, 0.4) is 0 Å². The summed E-state index contributed by atoms with van der Waals surface area (Å²) < 4.78 is 4.91. The molecule has 154 valence electrons. The number of carbonyl (C=O) groups is 2. The van der Waals surface area contributed by atoms with Gasteiger partial charge in [-0.05, 0) is 31.4 Å². The van der Waals surface area contributed by atoms with Gasteiger partial charge in [-0.1, -0.05) is 48.5 Å². The van der Waals surface area contributed by atoms with Crippen molar-refractivity contribution in [1.29, 1.82) is 0 Å². The van der Waals surface area contributed by atoms with Gasteiger partial charge in [0.05, 0.1) is 18.3 Å². The van der Waals surface area contributed by atoms with Crippen LogP contribution in [0.25, 0.3) is 10.9 Å². The Bertz CT molecular complexity index is 1070. The maximum Gasteiger partial charge on any atom is 0.333 e. The minimum absolute atomic E-state index is 0.235. The number of amides is 1. The summed E-state index contributed by atoms with van der Waals surface area (Å²) in [6.07, 6.45) is 1.52. The Morgan fingerprint density at radius 2 is 1.83 bits per heavy atom. The first-order chi connectivity index (χ1) is 14.6. The van der Waals surface area contributed by atoms with Crippen molar-refractivity contribution in [3.63, 3.8) is 0 Å². The molecule has 1 saturated heterocycles. The Morgan fingerprint density at radius 1 is 1.10 bits per heavy atom. The van der Waals surface area contributed by atoms with Gasteiger partial charge in [-0.15, -0.1) is 0 Å². The van der Waals surface area contributed by atoms with Gasteiger partial charge < -0.3 is 15.0 Å². The number of methoxy groups -OCH3 is 1. The number of nitrogens with one attached hydrogen (secondary N) is 1. The predicted molar refractivity (Wildman–Crippen MR) is 114 cm³/mol. The maximum absolute atomic E-state index is 13.2. The molecule has 1 N–H and O–H groups in total. The minimum atomic E-state index is -0.856. The van der Waals surface area contributed by atoms with Crippen LogP contribution in [0.5, 0.6) is 0 Å². The van der Waals surface area contributed by atoms with Crippen molar-refractivity contribution in [3.05, 3.63) is 65.9 Å². The van der Waals surface area contributed by atoms with Gasteiger partial charge in [-0.3, -0.25) is 4.79 Å². The number of hydrogen-bond donors (Lipinski definition) is 1. The SMILES string of the molecule is COC(=O)[C@@H](NC(=O)[C@H]1CCCN1c1nc(C)c2ccccc2n1)c1ccccc1. The first kappa shape index (κ1) is 19.8. The molecule has 0 spiro atoms. The molecule has 7 nitrogen and oxygen atoms in total. The number of aryl methyl sites for hydroxylation is 1. The molecule has 0 saturated carbocycles. The molecule has 1 aromatic heterocycles. The quantitative estimate of drug-likeness (QED) is 0.658. The van der Waals surface area contributed by atoms with Crippen LogP contribution in [0.1, 0.15) is 30.1 Å². The third kappa shape index (κ3) is 3.83. The normalized spacial score (nSPS) is 17.0. The summed E-state index contributed by atoms with van der Waals surface area (Å²) in [6, 6.07) is 15.6. The van der Waals surface area contributed by atoms with Crippen LogP contribution in [0.4, 0.5) is 5.95 Å². The van der Waals surface area contributed by atoms with E-state index in [9.17, 15) is 9.59 Å². The fourth-order valence-electron chi connectivity index (χ4n) is 3.91. The lowest BCUT2D eigenvalue weighted by Gasteiger charge is -2.26. The van der Waals surface area contributed by atoms with E-state index in [-0.39, 0.29) is 5.91 Å². The fraction of sp³-hybridized carbons (Fsp3) is 0.304. The smallest absolute Gasteiger partial charge is 0.333 e. The van der Waals surface area contributed by atoms with E-state index >= 15 is 0 Å². The molecule has 30 heavy (non-hydrogen) atoms. The third-order valence-electron chi connectivity index (χ3n) is 5.45. The number of nitrogens with zero attached hydrogens (tertiary/aromatic N) is 3. The van der Waals surface area contributed by atoms with Gasteiger partial charge in [0, 0.05) is 11.9 Å². The van der Waals surface area contributed by atoms with Crippen LogP contribution in [0, 0.1) is 6.92 Å². The molecule has 0 bridgehead atoms. The Balaban J connectivity index is 1.60. The molecule has 0 aliphatic carbocycles. The number of esters is 1. The summed E-state index contributed by atoms with van der Waals surface area (Å²) in [5, 5.41) is 3.86. The van der Waals surface area contributed by atoms with E-state index < -0.39 is 18.1 Å². The number of rotatable bonds is 5. The van der Waals surface area contributed by atoms with Crippen molar-refractivity contribution >= 4 is 28.7 Å². The number of anilines is 1. The second-order valence-electron chi connectivity index (χ2n) is 7.35. The van der Waals surface area contributed by atoms with Crippen LogP contribution in [-0.4, -0.2) is 41.5 Å². The molecule has 2 heterocycles. The monoisotopic (exact) mass is 404 g/mol. The zero-order chi connectivity index (χ0) is 21.1. The summed E-state index contributed by atoms with van der Waals surface area (Å²) in [6.45, 7) is 2.63. The highest BCUT2D eigenvalue weighted by atomic mass is 16.5. The number of para-hydroxylation sites is 1. The molecule has 3 aromatic rings. The van der Waals surface area contributed by atoms with Crippen LogP contribution in [0.15, 0.2) is 54.6 Å². The Morgan fingerprint density at radius 3 is 2.60 bits per heavy atom. The molecular weight excluding hydrogens is 380 g/mol. The second-order valence-corrected chi connectivity index (χ2v) is 7.35. The average Bonchev–Trinajstić information content (AvgIpc) is 3.27. The zero-order valence-electron chi connectivity index (χ0n) is 17.0. The molecule has 1 aliphatic rings. The van der Waals surface area contributed by atoms with Crippen LogP contribution >= 0.6 is 0 Å². The van der Waals surface area contributed by atoms with E-state index in [0.717, 1.165) is 23.0 Å². The van der Waals surface area contributed by atoms with E-state index in [4.69, 9.17) is 4.74 Å². The summed E-state index contributed by atoms with van der Waals surface area (Å²) in [5.74, 6) is -0.198. The topological polar surface area (TPSA) is 84.4 Å². The van der Waals surface area contributed by atoms with Gasteiger partial charge in [-0.2, -0.15) is 0 Å². The van der Waals surface area contributed by atoms with Crippen molar-refractivity contribution in [1.82, 2.24) is 15.3 Å². The van der Waals surface area contributed by atoms with E-state index in [0.29, 0.717) is 24.5 Å². The predicted octanol–water partition coefficient (Wildman–Crippen LogP) is 2.94. The Hall–Kier alpha value is -3.48. The summed E-state index contributed by atoms with van der Waals surface area (Å²) >= 11 is 0. The lowest BCUT2D eigenvalue weighted by Crippen LogP contribution is -2.47. The number of carbonyl (C=O) groups excluding carboxylic acids is 2. The number of benzene rings is 2. The van der Waals surface area contributed by atoms with Crippen molar-refractivity contribution in [3.8, 4) is 0 Å². The van der Waals surface area contributed by atoms with Gasteiger partial charge in [0.2, 0.25) is 11.9 Å². The number of hydrogen-bond acceptors (Lipinski definition) is 6. The van der Waals surface area contributed by atoms with E-state index in [2.05, 4.69) is 15.3 Å². The Labute approximate surface area is 175 Å².